The second kappa shape index (κ2) is 7.80. The summed E-state index contributed by atoms with van der Waals surface area (Å²) in [6.45, 7) is 4.16. The summed E-state index contributed by atoms with van der Waals surface area (Å²) in [7, 11) is 0. The maximum Gasteiger partial charge on any atom is 0.159 e. The number of nitrogens with one attached hydrogen (secondary N) is 2. The molecule has 2 N–H and O–H groups in total. The number of rotatable bonds is 5. The van der Waals surface area contributed by atoms with Gasteiger partial charge in [-0.25, -0.2) is 9.67 Å². The Kier molecular flexibility index (Phi) is 4.77. The van der Waals surface area contributed by atoms with Crippen LogP contribution in [0.1, 0.15) is 24.9 Å². The normalized spacial score (nSPS) is 20.8. The molecule has 0 radical (unpaired) electrons. The maximum absolute atomic E-state index is 6.39. The van der Waals surface area contributed by atoms with E-state index in [4.69, 9.17) is 16.7 Å². The summed E-state index contributed by atoms with van der Waals surface area (Å²) in [6.07, 6.45) is 3.01. The molecular weight excluding hydrogens is 420 g/mol. The third-order valence-electron chi connectivity index (χ3n) is 6.60. The Labute approximate surface area is 192 Å². The molecule has 3 atom stereocenters. The molecule has 0 saturated carbocycles. The van der Waals surface area contributed by atoms with E-state index in [1.54, 1.807) is 0 Å². The molecule has 32 heavy (non-hydrogen) atoms. The van der Waals surface area contributed by atoms with Gasteiger partial charge in [0.25, 0.3) is 0 Å². The lowest BCUT2D eigenvalue weighted by Gasteiger charge is -2.27. The fourth-order valence-corrected chi connectivity index (χ4v) is 5.14. The number of anilines is 2. The molecule has 2 aromatic heterocycles. The van der Waals surface area contributed by atoms with E-state index in [2.05, 4.69) is 57.8 Å². The number of fused-ring (bicyclic) bond motifs is 3. The SMILES string of the molecule is C[C@H](Nc1cc(-n2nc(N3C[C@@H]4C[C@H]3CN4)c3ccc(Cl)cc32)ccn1)c1ccccc1. The van der Waals surface area contributed by atoms with E-state index in [1.165, 1.54) is 12.0 Å². The number of hydrogen-bond donors (Lipinski definition) is 2. The lowest BCUT2D eigenvalue weighted by molar-refractivity contribution is 0.575. The molecular formula is C25H25ClN6. The largest absolute Gasteiger partial charge is 0.363 e. The van der Waals surface area contributed by atoms with Crippen LogP contribution in [0.3, 0.4) is 0 Å². The Morgan fingerprint density at radius 1 is 1.12 bits per heavy atom. The number of hydrogen-bond acceptors (Lipinski definition) is 5. The van der Waals surface area contributed by atoms with Crippen LogP contribution in [0, 0.1) is 0 Å². The summed E-state index contributed by atoms with van der Waals surface area (Å²) in [5.74, 6) is 1.85. The van der Waals surface area contributed by atoms with Crippen LogP contribution in [0.15, 0.2) is 66.9 Å². The molecule has 2 bridgehead atoms. The molecule has 4 heterocycles. The van der Waals surface area contributed by atoms with Crippen molar-refractivity contribution in [3.63, 3.8) is 0 Å². The molecule has 7 heteroatoms. The molecule has 0 amide bonds. The van der Waals surface area contributed by atoms with Gasteiger partial charge >= 0.3 is 0 Å². The Morgan fingerprint density at radius 2 is 2.00 bits per heavy atom. The highest BCUT2D eigenvalue weighted by molar-refractivity contribution is 6.31. The number of benzene rings is 2. The van der Waals surface area contributed by atoms with Crippen LogP contribution in [0.4, 0.5) is 11.6 Å². The second-order valence-corrected chi connectivity index (χ2v) is 9.16. The Bertz CT molecular complexity index is 1270. The summed E-state index contributed by atoms with van der Waals surface area (Å²) in [4.78, 5) is 7.00. The van der Waals surface area contributed by atoms with Gasteiger partial charge in [-0.15, -0.1) is 5.10 Å². The first-order valence-electron chi connectivity index (χ1n) is 11.1. The average molecular weight is 445 g/mol. The van der Waals surface area contributed by atoms with Crippen molar-refractivity contribution in [2.45, 2.75) is 31.5 Å². The van der Waals surface area contributed by atoms with Crippen molar-refractivity contribution in [1.82, 2.24) is 20.1 Å². The summed E-state index contributed by atoms with van der Waals surface area (Å²) in [6, 6.07) is 21.7. The zero-order chi connectivity index (χ0) is 21.7. The van der Waals surface area contributed by atoms with E-state index in [9.17, 15) is 0 Å². The van der Waals surface area contributed by atoms with Crippen LogP contribution in [0.5, 0.6) is 0 Å². The molecule has 162 valence electrons. The zero-order valence-electron chi connectivity index (χ0n) is 17.9. The van der Waals surface area contributed by atoms with E-state index in [0.717, 1.165) is 41.3 Å². The number of nitrogens with zero attached hydrogens (tertiary/aromatic N) is 4. The molecule has 6 nitrogen and oxygen atoms in total. The highest BCUT2D eigenvalue weighted by Crippen LogP contribution is 2.36. The molecule has 2 aliphatic rings. The number of pyridine rings is 1. The third-order valence-corrected chi connectivity index (χ3v) is 6.84. The Hall–Kier alpha value is -3.09. The molecule has 2 saturated heterocycles. The van der Waals surface area contributed by atoms with Crippen molar-refractivity contribution >= 4 is 34.1 Å². The minimum Gasteiger partial charge on any atom is -0.363 e. The van der Waals surface area contributed by atoms with Crippen molar-refractivity contribution < 1.29 is 0 Å². The van der Waals surface area contributed by atoms with Gasteiger partial charge in [0, 0.05) is 53.9 Å². The molecule has 2 aliphatic heterocycles. The predicted molar refractivity (Wildman–Crippen MR) is 130 cm³/mol. The fraction of sp³-hybridized carbons (Fsp3) is 0.280. The maximum atomic E-state index is 6.39. The van der Waals surface area contributed by atoms with Crippen molar-refractivity contribution in [1.29, 1.82) is 0 Å². The van der Waals surface area contributed by atoms with Crippen molar-refractivity contribution in [2.24, 2.45) is 0 Å². The lowest BCUT2D eigenvalue weighted by atomic mass is 10.1. The first kappa shape index (κ1) is 19.6. The number of piperazine rings is 1. The molecule has 6 rings (SSSR count). The van der Waals surface area contributed by atoms with Crippen LogP contribution in [-0.4, -0.2) is 39.9 Å². The Balaban J connectivity index is 1.38. The molecule has 2 aromatic carbocycles. The third kappa shape index (κ3) is 3.40. The van der Waals surface area contributed by atoms with Crippen molar-refractivity contribution in [2.75, 3.05) is 23.3 Å². The van der Waals surface area contributed by atoms with Crippen molar-refractivity contribution in [3.8, 4) is 5.69 Å². The van der Waals surface area contributed by atoms with Gasteiger partial charge < -0.3 is 15.5 Å². The van der Waals surface area contributed by atoms with E-state index in [-0.39, 0.29) is 6.04 Å². The first-order chi connectivity index (χ1) is 15.7. The standard InChI is InChI=1S/C25H25ClN6/c1-16(17-5-3-2-4-6-17)29-24-13-20(9-10-27-24)32-23-11-18(26)7-8-22(23)25(30-32)31-15-19-12-21(31)14-28-19/h2-11,13,16,19,21,28H,12,14-15H2,1H3,(H,27,29)/t16-,19-,21-/m0/s1. The molecule has 2 fully saturated rings. The monoisotopic (exact) mass is 444 g/mol. The smallest absolute Gasteiger partial charge is 0.159 e. The van der Waals surface area contributed by atoms with Gasteiger partial charge in [-0.3, -0.25) is 0 Å². The highest BCUT2D eigenvalue weighted by atomic mass is 35.5. The zero-order valence-corrected chi connectivity index (χ0v) is 18.6. The van der Waals surface area contributed by atoms with Gasteiger partial charge in [0.2, 0.25) is 0 Å². The Morgan fingerprint density at radius 3 is 2.78 bits per heavy atom. The minimum absolute atomic E-state index is 0.144. The number of halogens is 1. The van der Waals surface area contributed by atoms with Gasteiger partial charge in [-0.1, -0.05) is 41.9 Å². The molecule has 0 spiro atoms. The summed E-state index contributed by atoms with van der Waals surface area (Å²) in [5, 5.41) is 14.0. The van der Waals surface area contributed by atoms with Crippen LogP contribution < -0.4 is 15.5 Å². The summed E-state index contributed by atoms with van der Waals surface area (Å²) in [5.41, 5.74) is 3.19. The van der Waals surface area contributed by atoms with E-state index in [1.807, 2.05) is 41.2 Å². The summed E-state index contributed by atoms with van der Waals surface area (Å²) >= 11 is 6.39. The van der Waals surface area contributed by atoms with Gasteiger partial charge in [0.05, 0.1) is 11.2 Å². The van der Waals surface area contributed by atoms with Gasteiger partial charge in [-0.05, 0) is 43.2 Å². The van der Waals surface area contributed by atoms with E-state index < -0.39 is 0 Å². The molecule has 4 aromatic rings. The van der Waals surface area contributed by atoms with Crippen LogP contribution in [0.2, 0.25) is 5.02 Å². The average Bonchev–Trinajstić information content (AvgIpc) is 3.54. The minimum atomic E-state index is 0.144. The van der Waals surface area contributed by atoms with E-state index in [0.29, 0.717) is 17.1 Å². The lowest BCUT2D eigenvalue weighted by Crippen LogP contribution is -2.43. The van der Waals surface area contributed by atoms with Gasteiger partial charge in [-0.2, -0.15) is 0 Å². The fourth-order valence-electron chi connectivity index (χ4n) is 4.98. The second-order valence-electron chi connectivity index (χ2n) is 8.72. The van der Waals surface area contributed by atoms with E-state index >= 15 is 0 Å². The van der Waals surface area contributed by atoms with Crippen LogP contribution in [0.25, 0.3) is 16.6 Å². The van der Waals surface area contributed by atoms with Gasteiger partial charge in [0.15, 0.2) is 5.82 Å². The first-order valence-corrected chi connectivity index (χ1v) is 11.5. The van der Waals surface area contributed by atoms with Crippen molar-refractivity contribution in [3.05, 3.63) is 77.4 Å². The topological polar surface area (TPSA) is 58.0 Å². The van der Waals surface area contributed by atoms with Crippen LogP contribution in [-0.2, 0) is 0 Å². The highest BCUT2D eigenvalue weighted by Gasteiger charge is 2.39. The summed E-state index contributed by atoms with van der Waals surface area (Å²) < 4.78 is 2.00. The number of aromatic nitrogens is 3. The molecule has 0 unspecified atom stereocenters. The predicted octanol–water partition coefficient (Wildman–Crippen LogP) is 4.80. The van der Waals surface area contributed by atoms with Crippen LogP contribution >= 0.6 is 11.6 Å². The quantitative estimate of drug-likeness (QED) is 0.463. The van der Waals surface area contributed by atoms with Gasteiger partial charge in [0.1, 0.15) is 5.82 Å². The molecule has 0 aliphatic carbocycles.